The number of benzene rings is 2. The van der Waals surface area contributed by atoms with E-state index < -0.39 is 0 Å². The average Bonchev–Trinajstić information content (AvgIpc) is 2.67. The molecule has 3 rings (SSSR count). The Labute approximate surface area is 161 Å². The summed E-state index contributed by atoms with van der Waals surface area (Å²) >= 11 is 1.22. The molecule has 7 heteroatoms. The number of nitrogens with zero attached hydrogens (tertiary/aromatic N) is 2. The lowest BCUT2D eigenvalue weighted by molar-refractivity contribution is -0.131. The predicted octanol–water partition coefficient (Wildman–Crippen LogP) is 3.32. The summed E-state index contributed by atoms with van der Waals surface area (Å²) in [6.45, 7) is 4.14. The van der Waals surface area contributed by atoms with Gasteiger partial charge < -0.3 is 0 Å². The summed E-state index contributed by atoms with van der Waals surface area (Å²) in [5, 5.41) is 1.10. The fourth-order valence-corrected chi connectivity index (χ4v) is 3.53. The first-order chi connectivity index (χ1) is 13.1. The Hall–Kier alpha value is -2.64. The highest BCUT2D eigenvalue weighted by atomic mass is 32.2. The van der Waals surface area contributed by atoms with Gasteiger partial charge in [-0.3, -0.25) is 19.0 Å². The van der Waals surface area contributed by atoms with Crippen LogP contribution in [0.25, 0.3) is 10.9 Å². The maximum absolute atomic E-state index is 12.7. The molecule has 0 fully saturated rings. The summed E-state index contributed by atoms with van der Waals surface area (Å²) in [6.07, 6.45) is 0. The van der Waals surface area contributed by atoms with Gasteiger partial charge in [-0.25, -0.2) is 10.5 Å². The second-order valence-corrected chi connectivity index (χ2v) is 7.21. The SMILES string of the molecule is CC(C)n1c(SCC(=O)NOCc2ccccc2)nc2ccccc2c1=O. The highest BCUT2D eigenvalue weighted by molar-refractivity contribution is 7.99. The number of aromatic nitrogens is 2. The molecule has 1 N–H and O–H groups in total. The lowest BCUT2D eigenvalue weighted by Gasteiger charge is -2.16. The molecule has 27 heavy (non-hydrogen) atoms. The Balaban J connectivity index is 1.66. The zero-order valence-corrected chi connectivity index (χ0v) is 16.0. The Kier molecular flexibility index (Phi) is 6.26. The Morgan fingerprint density at radius 3 is 2.59 bits per heavy atom. The molecule has 1 amide bonds. The average molecular weight is 383 g/mol. The van der Waals surface area contributed by atoms with Crippen molar-refractivity contribution in [1.29, 1.82) is 0 Å². The first-order valence-corrected chi connectivity index (χ1v) is 9.63. The standard InChI is InChI=1S/C20H21N3O3S/c1-14(2)23-19(25)16-10-6-7-11-17(16)21-20(23)27-13-18(24)22-26-12-15-8-4-3-5-9-15/h3-11,14H,12-13H2,1-2H3,(H,22,24). The molecule has 0 spiro atoms. The Morgan fingerprint density at radius 2 is 1.85 bits per heavy atom. The zero-order valence-electron chi connectivity index (χ0n) is 15.2. The van der Waals surface area contributed by atoms with Gasteiger partial charge in [-0.2, -0.15) is 0 Å². The van der Waals surface area contributed by atoms with E-state index in [-0.39, 0.29) is 23.3 Å². The molecule has 3 aromatic rings. The molecule has 0 unspecified atom stereocenters. The largest absolute Gasteiger partial charge is 0.285 e. The number of nitrogens with one attached hydrogen (secondary N) is 1. The number of carbonyl (C=O) groups excluding carboxylic acids is 1. The number of hydrogen-bond donors (Lipinski definition) is 1. The van der Waals surface area contributed by atoms with Crippen LogP contribution >= 0.6 is 11.8 Å². The summed E-state index contributed by atoms with van der Waals surface area (Å²) in [5.41, 5.74) is 3.92. The third-order valence-electron chi connectivity index (χ3n) is 3.89. The maximum atomic E-state index is 12.7. The molecule has 0 radical (unpaired) electrons. The molecule has 1 aromatic heterocycles. The Bertz CT molecular complexity index is 987. The molecule has 0 bridgehead atoms. The van der Waals surface area contributed by atoms with Crippen LogP contribution in [0.15, 0.2) is 64.5 Å². The number of carbonyl (C=O) groups is 1. The first-order valence-electron chi connectivity index (χ1n) is 8.65. The van der Waals surface area contributed by atoms with Crippen LogP contribution in [-0.2, 0) is 16.2 Å². The maximum Gasteiger partial charge on any atom is 0.262 e. The van der Waals surface area contributed by atoms with Gasteiger partial charge in [-0.1, -0.05) is 54.2 Å². The fourth-order valence-electron chi connectivity index (χ4n) is 2.62. The topological polar surface area (TPSA) is 73.2 Å². The molecule has 1 heterocycles. The number of para-hydroxylation sites is 1. The van der Waals surface area contributed by atoms with Gasteiger partial charge in [0.2, 0.25) is 0 Å². The predicted molar refractivity (Wildman–Crippen MR) is 106 cm³/mol. The van der Waals surface area contributed by atoms with Crippen molar-refractivity contribution in [3.05, 3.63) is 70.5 Å². The van der Waals surface area contributed by atoms with Crippen molar-refractivity contribution < 1.29 is 9.63 Å². The van der Waals surface area contributed by atoms with Crippen LogP contribution in [-0.4, -0.2) is 21.2 Å². The van der Waals surface area contributed by atoms with Crippen molar-refractivity contribution >= 4 is 28.6 Å². The molecule has 0 saturated heterocycles. The lowest BCUT2D eigenvalue weighted by atomic mass is 10.2. The van der Waals surface area contributed by atoms with Crippen LogP contribution in [0.5, 0.6) is 0 Å². The van der Waals surface area contributed by atoms with Crippen LogP contribution in [0, 0.1) is 0 Å². The third-order valence-corrected chi connectivity index (χ3v) is 4.84. The molecular formula is C20H21N3O3S. The van der Waals surface area contributed by atoms with E-state index in [1.165, 1.54) is 11.8 Å². The van der Waals surface area contributed by atoms with E-state index in [1.807, 2.05) is 56.3 Å². The van der Waals surface area contributed by atoms with Gasteiger partial charge in [-0.15, -0.1) is 0 Å². The summed E-state index contributed by atoms with van der Waals surface area (Å²) in [4.78, 5) is 34.6. The number of hydrogen-bond acceptors (Lipinski definition) is 5. The van der Waals surface area contributed by atoms with Gasteiger partial charge in [0.1, 0.15) is 0 Å². The van der Waals surface area contributed by atoms with E-state index in [9.17, 15) is 9.59 Å². The molecule has 0 aliphatic heterocycles. The highest BCUT2D eigenvalue weighted by Crippen LogP contribution is 2.20. The van der Waals surface area contributed by atoms with Gasteiger partial charge in [0.25, 0.3) is 11.5 Å². The quantitative estimate of drug-likeness (QED) is 0.385. The molecule has 2 aromatic carbocycles. The molecule has 0 saturated carbocycles. The van der Waals surface area contributed by atoms with Gasteiger partial charge in [0, 0.05) is 6.04 Å². The molecule has 6 nitrogen and oxygen atoms in total. The van der Waals surface area contributed by atoms with E-state index in [0.29, 0.717) is 22.7 Å². The van der Waals surface area contributed by atoms with Crippen LogP contribution in [0.3, 0.4) is 0 Å². The molecule has 0 aliphatic rings. The van der Waals surface area contributed by atoms with E-state index in [1.54, 1.807) is 16.7 Å². The van der Waals surface area contributed by atoms with Crippen molar-refractivity contribution in [2.75, 3.05) is 5.75 Å². The van der Waals surface area contributed by atoms with E-state index in [4.69, 9.17) is 4.84 Å². The third kappa shape index (κ3) is 4.75. The molecule has 0 atom stereocenters. The number of amides is 1. The van der Waals surface area contributed by atoms with Crippen LogP contribution in [0.4, 0.5) is 0 Å². The molecule has 0 aliphatic carbocycles. The minimum Gasteiger partial charge on any atom is -0.285 e. The smallest absolute Gasteiger partial charge is 0.262 e. The summed E-state index contributed by atoms with van der Waals surface area (Å²) in [6, 6.07) is 16.7. The second-order valence-electron chi connectivity index (χ2n) is 6.27. The molecular weight excluding hydrogens is 362 g/mol. The summed E-state index contributed by atoms with van der Waals surface area (Å²) in [7, 11) is 0. The monoisotopic (exact) mass is 383 g/mol. The van der Waals surface area contributed by atoms with Crippen LogP contribution in [0.1, 0.15) is 25.5 Å². The normalized spacial score (nSPS) is 11.1. The van der Waals surface area contributed by atoms with Crippen molar-refractivity contribution in [3.8, 4) is 0 Å². The van der Waals surface area contributed by atoms with Crippen molar-refractivity contribution in [2.45, 2.75) is 31.7 Å². The zero-order chi connectivity index (χ0) is 19.2. The summed E-state index contributed by atoms with van der Waals surface area (Å²) in [5.74, 6) is -0.180. The van der Waals surface area contributed by atoms with E-state index in [2.05, 4.69) is 10.5 Å². The van der Waals surface area contributed by atoms with E-state index >= 15 is 0 Å². The minimum absolute atomic E-state index is 0.0607. The van der Waals surface area contributed by atoms with Gasteiger partial charge in [0.05, 0.1) is 23.3 Å². The van der Waals surface area contributed by atoms with Crippen LogP contribution < -0.4 is 11.0 Å². The second kappa shape index (κ2) is 8.83. The minimum atomic E-state index is -0.284. The number of hydroxylamine groups is 1. The summed E-state index contributed by atoms with van der Waals surface area (Å²) < 4.78 is 1.62. The number of thioether (sulfide) groups is 1. The lowest BCUT2D eigenvalue weighted by Crippen LogP contribution is -2.28. The number of rotatable bonds is 7. The van der Waals surface area contributed by atoms with Gasteiger partial charge in [0.15, 0.2) is 5.16 Å². The molecule has 140 valence electrons. The van der Waals surface area contributed by atoms with Gasteiger partial charge >= 0.3 is 0 Å². The first kappa shape index (κ1) is 19.1. The van der Waals surface area contributed by atoms with Crippen molar-refractivity contribution in [2.24, 2.45) is 0 Å². The van der Waals surface area contributed by atoms with Gasteiger partial charge in [-0.05, 0) is 31.5 Å². The van der Waals surface area contributed by atoms with E-state index in [0.717, 1.165) is 5.56 Å². The van der Waals surface area contributed by atoms with Crippen molar-refractivity contribution in [3.63, 3.8) is 0 Å². The highest BCUT2D eigenvalue weighted by Gasteiger charge is 2.15. The fraction of sp³-hybridized carbons (Fsp3) is 0.250. The van der Waals surface area contributed by atoms with Crippen LogP contribution in [0.2, 0.25) is 0 Å². The van der Waals surface area contributed by atoms with Crippen molar-refractivity contribution in [1.82, 2.24) is 15.0 Å². The number of fused-ring (bicyclic) bond motifs is 1. The Morgan fingerprint density at radius 1 is 1.15 bits per heavy atom.